The molecule has 0 spiro atoms. The van der Waals surface area contributed by atoms with Crippen molar-refractivity contribution in [2.24, 2.45) is 17.8 Å². The molecule has 20 heavy (non-hydrogen) atoms. The number of hydrogen-bond acceptors (Lipinski definition) is 2. The topological polar surface area (TPSA) is 49.3 Å². The number of halogens is 1. The van der Waals surface area contributed by atoms with Crippen LogP contribution in [0, 0.1) is 17.8 Å². The lowest BCUT2D eigenvalue weighted by Crippen LogP contribution is -2.30. The van der Waals surface area contributed by atoms with E-state index in [1.807, 2.05) is 0 Å². The lowest BCUT2D eigenvalue weighted by Gasteiger charge is -2.29. The molecule has 4 heteroatoms. The van der Waals surface area contributed by atoms with Crippen LogP contribution in [-0.4, -0.2) is 17.1 Å². The van der Waals surface area contributed by atoms with E-state index in [1.165, 1.54) is 31.7 Å². The molecule has 1 aromatic carbocycles. The van der Waals surface area contributed by atoms with Gasteiger partial charge in [-0.2, -0.15) is 0 Å². The fourth-order valence-corrected chi connectivity index (χ4v) is 4.26. The molecule has 4 unspecified atom stereocenters. The molecule has 2 saturated carbocycles. The van der Waals surface area contributed by atoms with Crippen LogP contribution in [0.2, 0.25) is 5.02 Å². The van der Waals surface area contributed by atoms with Gasteiger partial charge in [0, 0.05) is 6.04 Å². The summed E-state index contributed by atoms with van der Waals surface area (Å²) in [7, 11) is 0. The van der Waals surface area contributed by atoms with Crippen molar-refractivity contribution in [3.8, 4) is 0 Å². The van der Waals surface area contributed by atoms with Crippen LogP contribution in [0.4, 0.5) is 5.69 Å². The number of carboxylic acid groups (broad SMARTS) is 1. The highest BCUT2D eigenvalue weighted by atomic mass is 35.5. The van der Waals surface area contributed by atoms with Crippen LogP contribution in [0.3, 0.4) is 0 Å². The molecule has 1 aromatic rings. The predicted molar refractivity (Wildman–Crippen MR) is 80.4 cm³/mol. The Labute approximate surface area is 124 Å². The predicted octanol–water partition coefficient (Wildman–Crippen LogP) is 4.27. The third kappa shape index (κ3) is 2.51. The zero-order valence-corrected chi connectivity index (χ0v) is 12.4. The second-order valence-electron chi connectivity index (χ2n) is 6.27. The maximum Gasteiger partial charge on any atom is 0.335 e. The van der Waals surface area contributed by atoms with Crippen molar-refractivity contribution in [1.82, 2.24) is 0 Å². The average Bonchev–Trinajstić information content (AvgIpc) is 3.03. The summed E-state index contributed by atoms with van der Waals surface area (Å²) in [4.78, 5) is 10.9. The Morgan fingerprint density at radius 2 is 2.20 bits per heavy atom. The molecule has 0 aliphatic heterocycles. The van der Waals surface area contributed by atoms with Gasteiger partial charge in [0.25, 0.3) is 0 Å². The fourth-order valence-electron chi connectivity index (χ4n) is 4.02. The van der Waals surface area contributed by atoms with Crippen LogP contribution in [-0.2, 0) is 0 Å². The quantitative estimate of drug-likeness (QED) is 0.871. The van der Waals surface area contributed by atoms with E-state index in [9.17, 15) is 4.79 Å². The first kappa shape index (κ1) is 13.7. The molecular formula is C16H20ClNO2. The van der Waals surface area contributed by atoms with E-state index < -0.39 is 5.97 Å². The summed E-state index contributed by atoms with van der Waals surface area (Å²) >= 11 is 6.18. The van der Waals surface area contributed by atoms with Crippen LogP contribution in [0.15, 0.2) is 18.2 Å². The third-order valence-corrected chi connectivity index (χ3v) is 5.35. The van der Waals surface area contributed by atoms with Gasteiger partial charge in [0.05, 0.1) is 16.3 Å². The molecule has 3 rings (SSSR count). The molecule has 0 radical (unpaired) electrons. The number of rotatable bonds is 4. The molecule has 2 fully saturated rings. The highest BCUT2D eigenvalue weighted by Crippen LogP contribution is 2.50. The minimum absolute atomic E-state index is 0.230. The molecule has 0 aromatic heterocycles. The van der Waals surface area contributed by atoms with Gasteiger partial charge in [0.1, 0.15) is 0 Å². The van der Waals surface area contributed by atoms with Crippen molar-refractivity contribution in [2.45, 2.75) is 38.6 Å². The van der Waals surface area contributed by atoms with Crippen molar-refractivity contribution in [3.63, 3.8) is 0 Å². The SMILES string of the molecule is CC(Nc1ccc(C(=O)O)cc1Cl)C1CC2CCC1C2. The van der Waals surface area contributed by atoms with E-state index in [1.54, 1.807) is 12.1 Å². The van der Waals surface area contributed by atoms with E-state index >= 15 is 0 Å². The molecule has 4 atom stereocenters. The van der Waals surface area contributed by atoms with Crippen molar-refractivity contribution >= 4 is 23.3 Å². The zero-order chi connectivity index (χ0) is 14.3. The molecule has 3 nitrogen and oxygen atoms in total. The van der Waals surface area contributed by atoms with Crippen LogP contribution in [0.1, 0.15) is 43.0 Å². The lowest BCUT2D eigenvalue weighted by molar-refractivity contribution is 0.0697. The van der Waals surface area contributed by atoms with Crippen molar-refractivity contribution in [2.75, 3.05) is 5.32 Å². The summed E-state index contributed by atoms with van der Waals surface area (Å²) in [6.07, 6.45) is 5.49. The number of carboxylic acids is 1. The van der Waals surface area contributed by atoms with Gasteiger partial charge in [0.2, 0.25) is 0 Å². The second kappa shape index (κ2) is 5.28. The summed E-state index contributed by atoms with van der Waals surface area (Å²) in [5.41, 5.74) is 1.07. The Bertz CT molecular complexity index is 531. The van der Waals surface area contributed by atoms with Gasteiger partial charge in [-0.3, -0.25) is 0 Å². The summed E-state index contributed by atoms with van der Waals surface area (Å²) < 4.78 is 0. The van der Waals surface area contributed by atoms with Crippen LogP contribution < -0.4 is 5.32 Å². The molecule has 2 bridgehead atoms. The monoisotopic (exact) mass is 293 g/mol. The van der Waals surface area contributed by atoms with E-state index in [2.05, 4.69) is 12.2 Å². The van der Waals surface area contributed by atoms with Gasteiger partial charge < -0.3 is 10.4 Å². The molecule has 2 aliphatic rings. The van der Waals surface area contributed by atoms with Gasteiger partial charge in [0.15, 0.2) is 0 Å². The van der Waals surface area contributed by atoms with Crippen LogP contribution >= 0.6 is 11.6 Å². The number of anilines is 1. The van der Waals surface area contributed by atoms with Crippen molar-refractivity contribution in [3.05, 3.63) is 28.8 Å². The van der Waals surface area contributed by atoms with E-state index in [4.69, 9.17) is 16.7 Å². The smallest absolute Gasteiger partial charge is 0.335 e. The summed E-state index contributed by atoms with van der Waals surface area (Å²) in [6.45, 7) is 2.22. The Balaban J connectivity index is 1.70. The molecule has 108 valence electrons. The summed E-state index contributed by atoms with van der Waals surface area (Å²) in [5.74, 6) is 1.57. The maximum absolute atomic E-state index is 10.9. The number of nitrogens with one attached hydrogen (secondary N) is 1. The van der Waals surface area contributed by atoms with Crippen molar-refractivity contribution < 1.29 is 9.90 Å². The van der Waals surface area contributed by atoms with E-state index in [0.29, 0.717) is 11.1 Å². The van der Waals surface area contributed by atoms with Gasteiger partial charge in [-0.15, -0.1) is 0 Å². The molecule has 0 saturated heterocycles. The highest BCUT2D eigenvalue weighted by Gasteiger charge is 2.41. The first-order chi connectivity index (χ1) is 9.54. The molecular weight excluding hydrogens is 274 g/mol. The zero-order valence-electron chi connectivity index (χ0n) is 11.6. The van der Waals surface area contributed by atoms with E-state index in [0.717, 1.165) is 23.4 Å². The van der Waals surface area contributed by atoms with Gasteiger partial charge >= 0.3 is 5.97 Å². The summed E-state index contributed by atoms with van der Waals surface area (Å²) in [5, 5.41) is 12.9. The van der Waals surface area contributed by atoms with Gasteiger partial charge in [-0.1, -0.05) is 18.0 Å². The molecule has 0 amide bonds. The van der Waals surface area contributed by atoms with Crippen LogP contribution in [0.25, 0.3) is 0 Å². The molecule has 2 N–H and O–H groups in total. The second-order valence-corrected chi connectivity index (χ2v) is 6.68. The molecule has 0 heterocycles. The number of hydrogen-bond donors (Lipinski definition) is 2. The molecule has 2 aliphatic carbocycles. The Kier molecular flexibility index (Phi) is 3.63. The standard InChI is InChI=1S/C16H20ClNO2/c1-9(13-7-10-2-3-11(13)6-10)18-15-5-4-12(16(19)20)8-14(15)17/h4-5,8-11,13,18H,2-3,6-7H2,1H3,(H,19,20). The normalized spacial score (nSPS) is 29.4. The van der Waals surface area contributed by atoms with Gasteiger partial charge in [-0.25, -0.2) is 4.79 Å². The van der Waals surface area contributed by atoms with Crippen molar-refractivity contribution in [1.29, 1.82) is 0 Å². The minimum atomic E-state index is -0.945. The minimum Gasteiger partial charge on any atom is -0.478 e. The third-order valence-electron chi connectivity index (χ3n) is 5.03. The largest absolute Gasteiger partial charge is 0.478 e. The van der Waals surface area contributed by atoms with E-state index in [-0.39, 0.29) is 5.56 Å². The fraction of sp³-hybridized carbons (Fsp3) is 0.562. The Morgan fingerprint density at radius 1 is 1.40 bits per heavy atom. The Morgan fingerprint density at radius 3 is 2.75 bits per heavy atom. The maximum atomic E-state index is 10.9. The first-order valence-electron chi connectivity index (χ1n) is 7.34. The van der Waals surface area contributed by atoms with Crippen LogP contribution in [0.5, 0.6) is 0 Å². The Hall–Kier alpha value is -1.22. The number of fused-ring (bicyclic) bond motifs is 2. The first-order valence-corrected chi connectivity index (χ1v) is 7.71. The number of aromatic carboxylic acids is 1. The average molecular weight is 294 g/mol. The van der Waals surface area contributed by atoms with Gasteiger partial charge in [-0.05, 0) is 62.1 Å². The number of benzene rings is 1. The summed E-state index contributed by atoms with van der Waals surface area (Å²) in [6, 6.07) is 5.28. The number of carbonyl (C=O) groups is 1. The highest BCUT2D eigenvalue weighted by molar-refractivity contribution is 6.33. The lowest BCUT2D eigenvalue weighted by atomic mass is 9.84.